The first kappa shape index (κ1) is 15.7. The third kappa shape index (κ3) is 3.27. The van der Waals surface area contributed by atoms with Crippen molar-refractivity contribution in [3.8, 4) is 11.3 Å². The number of piperidine rings is 1. The van der Waals surface area contributed by atoms with E-state index in [-0.39, 0.29) is 11.9 Å². The van der Waals surface area contributed by atoms with Gasteiger partial charge in [0.2, 0.25) is 0 Å². The summed E-state index contributed by atoms with van der Waals surface area (Å²) in [5.74, 6) is -0.456. The number of carbonyl (C=O) groups excluding carboxylic acids is 2. The molecular weight excluding hydrogens is 312 g/mol. The third-order valence-corrected chi connectivity index (χ3v) is 4.68. The molecule has 0 saturated carbocycles. The summed E-state index contributed by atoms with van der Waals surface area (Å²) in [6.45, 7) is 0.590. The first-order valence-electron chi connectivity index (χ1n) is 7.58. The number of benzene rings is 1. The summed E-state index contributed by atoms with van der Waals surface area (Å²) in [7, 11) is 1.36. The Morgan fingerprint density at radius 3 is 2.70 bits per heavy atom. The number of rotatable bonds is 3. The number of likely N-dealkylation sites (tertiary alicyclic amines) is 1. The fourth-order valence-electron chi connectivity index (χ4n) is 2.86. The lowest BCUT2D eigenvalue weighted by atomic mass is 10.0. The molecule has 1 amide bonds. The predicted molar refractivity (Wildman–Crippen MR) is 88.2 cm³/mol. The average Bonchev–Trinajstić information content (AvgIpc) is 3.15. The van der Waals surface area contributed by atoms with E-state index in [2.05, 4.69) is 4.98 Å². The summed E-state index contributed by atoms with van der Waals surface area (Å²) in [6.07, 6.45) is 2.51. The monoisotopic (exact) mass is 330 g/mol. The number of hydrogen-bond donors (Lipinski definition) is 0. The van der Waals surface area contributed by atoms with Crippen LogP contribution >= 0.6 is 11.3 Å². The van der Waals surface area contributed by atoms with Gasteiger partial charge in [0.1, 0.15) is 6.04 Å². The second-order valence-corrected chi connectivity index (χ2v) is 6.20. The average molecular weight is 330 g/mol. The Kier molecular flexibility index (Phi) is 4.71. The number of hydrogen-bond acceptors (Lipinski definition) is 5. The van der Waals surface area contributed by atoms with Gasteiger partial charge in [-0.15, -0.1) is 11.3 Å². The topological polar surface area (TPSA) is 59.5 Å². The highest BCUT2D eigenvalue weighted by Crippen LogP contribution is 2.23. The van der Waals surface area contributed by atoms with Crippen LogP contribution in [0.25, 0.3) is 11.3 Å². The van der Waals surface area contributed by atoms with Gasteiger partial charge in [-0.1, -0.05) is 12.1 Å². The molecule has 1 fully saturated rings. The van der Waals surface area contributed by atoms with Crippen molar-refractivity contribution in [1.29, 1.82) is 0 Å². The van der Waals surface area contributed by atoms with Crippen molar-refractivity contribution < 1.29 is 14.3 Å². The van der Waals surface area contributed by atoms with Crippen molar-refractivity contribution in [2.24, 2.45) is 0 Å². The lowest BCUT2D eigenvalue weighted by Crippen LogP contribution is -2.48. The van der Waals surface area contributed by atoms with Crippen LogP contribution in [0.3, 0.4) is 0 Å². The minimum absolute atomic E-state index is 0.120. The second-order valence-electron chi connectivity index (χ2n) is 5.48. The molecule has 1 saturated heterocycles. The first-order valence-corrected chi connectivity index (χ1v) is 8.52. The van der Waals surface area contributed by atoms with E-state index in [1.54, 1.807) is 22.5 Å². The Morgan fingerprint density at radius 1 is 1.26 bits per heavy atom. The maximum Gasteiger partial charge on any atom is 0.328 e. The first-order chi connectivity index (χ1) is 11.2. The number of nitrogens with zero attached hydrogens (tertiary/aromatic N) is 2. The molecule has 120 valence electrons. The Morgan fingerprint density at radius 2 is 2.04 bits per heavy atom. The minimum atomic E-state index is -0.473. The second kappa shape index (κ2) is 6.91. The molecule has 1 unspecified atom stereocenters. The Hall–Kier alpha value is -2.21. The normalized spacial score (nSPS) is 17.8. The van der Waals surface area contributed by atoms with Crippen LogP contribution in [0.15, 0.2) is 35.2 Å². The van der Waals surface area contributed by atoms with Gasteiger partial charge in [-0.05, 0) is 31.4 Å². The molecule has 1 aromatic heterocycles. The van der Waals surface area contributed by atoms with Gasteiger partial charge in [0.15, 0.2) is 0 Å². The molecular formula is C17H18N2O3S. The standard InChI is InChI=1S/C17H18N2O3S/c1-22-17(21)15-4-2-3-9-19(15)16(20)13-7-5-12(6-8-13)14-10-23-11-18-14/h5-8,10-11,15H,2-4,9H2,1H3. The van der Waals surface area contributed by atoms with Gasteiger partial charge in [0, 0.05) is 23.1 Å². The summed E-state index contributed by atoms with van der Waals surface area (Å²) in [5, 5.41) is 1.97. The van der Waals surface area contributed by atoms with Crippen molar-refractivity contribution in [1.82, 2.24) is 9.88 Å². The summed E-state index contributed by atoms with van der Waals surface area (Å²) in [5.41, 5.74) is 4.24. The summed E-state index contributed by atoms with van der Waals surface area (Å²) < 4.78 is 4.83. The van der Waals surface area contributed by atoms with E-state index >= 15 is 0 Å². The number of ether oxygens (including phenoxy) is 1. The van der Waals surface area contributed by atoms with Gasteiger partial charge < -0.3 is 9.64 Å². The lowest BCUT2D eigenvalue weighted by Gasteiger charge is -2.33. The molecule has 0 aliphatic carbocycles. The van der Waals surface area contributed by atoms with Gasteiger partial charge >= 0.3 is 5.97 Å². The van der Waals surface area contributed by atoms with Crippen LogP contribution in [0.1, 0.15) is 29.6 Å². The molecule has 0 radical (unpaired) electrons. The zero-order valence-corrected chi connectivity index (χ0v) is 13.7. The zero-order valence-electron chi connectivity index (χ0n) is 12.9. The molecule has 3 rings (SSSR count). The van der Waals surface area contributed by atoms with Crippen LogP contribution in [0, 0.1) is 0 Å². The molecule has 1 aromatic carbocycles. The zero-order chi connectivity index (χ0) is 16.2. The van der Waals surface area contributed by atoms with E-state index in [1.165, 1.54) is 18.4 Å². The smallest absolute Gasteiger partial charge is 0.328 e. The Balaban J connectivity index is 1.80. The molecule has 1 aliphatic rings. The van der Waals surface area contributed by atoms with Crippen LogP contribution in [-0.4, -0.2) is 41.5 Å². The van der Waals surface area contributed by atoms with Crippen LogP contribution in [0.4, 0.5) is 0 Å². The molecule has 0 spiro atoms. The van der Waals surface area contributed by atoms with E-state index in [0.29, 0.717) is 18.5 Å². The Labute approximate surface area is 138 Å². The predicted octanol–water partition coefficient (Wildman–Crippen LogP) is 2.98. The SMILES string of the molecule is COC(=O)C1CCCCN1C(=O)c1ccc(-c2cscn2)cc1. The van der Waals surface area contributed by atoms with Crippen LogP contribution in [-0.2, 0) is 9.53 Å². The van der Waals surface area contributed by atoms with Crippen LogP contribution in [0.5, 0.6) is 0 Å². The Bertz CT molecular complexity index is 682. The van der Waals surface area contributed by atoms with Gasteiger partial charge in [-0.25, -0.2) is 9.78 Å². The fraction of sp³-hybridized carbons (Fsp3) is 0.353. The molecule has 6 heteroatoms. The van der Waals surface area contributed by atoms with Gasteiger partial charge in [-0.3, -0.25) is 4.79 Å². The lowest BCUT2D eigenvalue weighted by molar-refractivity contribution is -0.147. The van der Waals surface area contributed by atoms with Gasteiger partial charge in [0.25, 0.3) is 5.91 Å². The maximum absolute atomic E-state index is 12.7. The van der Waals surface area contributed by atoms with Crippen molar-refractivity contribution >= 4 is 23.2 Å². The number of thiazole rings is 1. The highest BCUT2D eigenvalue weighted by molar-refractivity contribution is 7.07. The number of carbonyl (C=O) groups is 2. The summed E-state index contributed by atoms with van der Waals surface area (Å²) >= 11 is 1.54. The van der Waals surface area contributed by atoms with Crippen molar-refractivity contribution in [3.05, 3.63) is 40.7 Å². The maximum atomic E-state index is 12.7. The third-order valence-electron chi connectivity index (χ3n) is 4.10. The van der Waals surface area contributed by atoms with E-state index in [4.69, 9.17) is 4.74 Å². The van der Waals surface area contributed by atoms with Crippen molar-refractivity contribution in [3.63, 3.8) is 0 Å². The van der Waals surface area contributed by atoms with Gasteiger partial charge in [-0.2, -0.15) is 0 Å². The van der Waals surface area contributed by atoms with Crippen LogP contribution in [0.2, 0.25) is 0 Å². The molecule has 0 N–H and O–H groups in total. The molecule has 2 heterocycles. The molecule has 23 heavy (non-hydrogen) atoms. The summed E-state index contributed by atoms with van der Waals surface area (Å²) in [4.78, 5) is 30.5. The largest absolute Gasteiger partial charge is 0.467 e. The number of aromatic nitrogens is 1. The van der Waals surface area contributed by atoms with E-state index in [9.17, 15) is 9.59 Å². The highest BCUT2D eigenvalue weighted by Gasteiger charge is 2.33. The fourth-order valence-corrected chi connectivity index (χ4v) is 3.42. The minimum Gasteiger partial charge on any atom is -0.467 e. The molecule has 5 nitrogen and oxygen atoms in total. The van der Waals surface area contributed by atoms with Crippen molar-refractivity contribution in [2.75, 3.05) is 13.7 Å². The highest BCUT2D eigenvalue weighted by atomic mass is 32.1. The van der Waals surface area contributed by atoms with E-state index in [1.807, 2.05) is 17.5 Å². The van der Waals surface area contributed by atoms with E-state index < -0.39 is 6.04 Å². The molecule has 0 bridgehead atoms. The summed E-state index contributed by atoms with van der Waals surface area (Å²) in [6, 6.07) is 6.89. The molecule has 2 aromatic rings. The van der Waals surface area contributed by atoms with E-state index in [0.717, 1.165) is 24.1 Å². The van der Waals surface area contributed by atoms with Crippen molar-refractivity contribution in [2.45, 2.75) is 25.3 Å². The number of esters is 1. The van der Waals surface area contributed by atoms with Crippen LogP contribution < -0.4 is 0 Å². The molecule has 1 aliphatic heterocycles. The molecule has 1 atom stereocenters. The number of methoxy groups -OCH3 is 1. The quantitative estimate of drug-likeness (QED) is 0.812. The number of amides is 1. The van der Waals surface area contributed by atoms with Gasteiger partial charge in [0.05, 0.1) is 18.3 Å².